The van der Waals surface area contributed by atoms with Gasteiger partial charge in [0.05, 0.1) is 23.2 Å². The Labute approximate surface area is 172 Å². The van der Waals surface area contributed by atoms with E-state index in [2.05, 4.69) is 5.32 Å². The summed E-state index contributed by atoms with van der Waals surface area (Å²) < 4.78 is 7.45. The summed E-state index contributed by atoms with van der Waals surface area (Å²) in [6.45, 7) is 0. The van der Waals surface area contributed by atoms with Gasteiger partial charge in [0, 0.05) is 29.5 Å². The van der Waals surface area contributed by atoms with E-state index in [-0.39, 0.29) is 11.7 Å². The van der Waals surface area contributed by atoms with Gasteiger partial charge in [0.15, 0.2) is 11.6 Å². The third-order valence-corrected chi connectivity index (χ3v) is 5.44. The van der Waals surface area contributed by atoms with Gasteiger partial charge in [-0.2, -0.15) is 0 Å². The summed E-state index contributed by atoms with van der Waals surface area (Å²) >= 11 is 5.99. The number of benzene rings is 2. The van der Waals surface area contributed by atoms with Crippen molar-refractivity contribution in [2.24, 2.45) is 0 Å². The molecule has 2 aromatic heterocycles. The fourth-order valence-corrected chi connectivity index (χ4v) is 3.96. The molecule has 6 heteroatoms. The molecule has 2 aromatic carbocycles. The number of anilines is 2. The standard InChI is InChI=1S/C23H18ClN3O2/c24-16-8-10-17(11-9-16)25-23-22-19(27(26-23)18-5-2-1-3-6-18)13-15(14-20(22)28)21-7-4-12-29-21/h1-12,15H,13-14H2,(H,25,26)/t15-/m0/s1. The Bertz CT molecular complexity index is 1150. The maximum atomic E-state index is 13.1. The highest BCUT2D eigenvalue weighted by Gasteiger charge is 2.34. The number of aromatic nitrogens is 2. The molecule has 1 aliphatic rings. The molecular weight excluding hydrogens is 386 g/mol. The zero-order valence-corrected chi connectivity index (χ0v) is 16.3. The number of nitrogens with one attached hydrogen (secondary N) is 1. The molecule has 0 radical (unpaired) electrons. The van der Waals surface area contributed by atoms with Crippen molar-refractivity contribution in [3.63, 3.8) is 0 Å². The van der Waals surface area contributed by atoms with Gasteiger partial charge in [-0.1, -0.05) is 29.8 Å². The van der Waals surface area contributed by atoms with Crippen molar-refractivity contribution in [1.29, 1.82) is 0 Å². The summed E-state index contributed by atoms with van der Waals surface area (Å²) in [4.78, 5) is 13.1. The van der Waals surface area contributed by atoms with Gasteiger partial charge >= 0.3 is 0 Å². The van der Waals surface area contributed by atoms with Gasteiger partial charge in [-0.3, -0.25) is 4.79 Å². The lowest BCUT2D eigenvalue weighted by Gasteiger charge is -2.21. The number of ketones is 1. The molecule has 4 aromatic rings. The second-order valence-corrected chi connectivity index (χ2v) is 7.53. The molecule has 1 N–H and O–H groups in total. The molecule has 0 amide bonds. The fraction of sp³-hybridized carbons (Fsp3) is 0.130. The summed E-state index contributed by atoms with van der Waals surface area (Å²) in [5.74, 6) is 1.46. The number of hydrogen-bond acceptors (Lipinski definition) is 4. The van der Waals surface area contributed by atoms with Crippen LogP contribution in [0.4, 0.5) is 11.5 Å². The summed E-state index contributed by atoms with van der Waals surface area (Å²) in [6.07, 6.45) is 2.73. The number of para-hydroxylation sites is 1. The van der Waals surface area contributed by atoms with Crippen LogP contribution in [0.5, 0.6) is 0 Å². The minimum atomic E-state index is 0.00699. The maximum Gasteiger partial charge on any atom is 0.169 e. The van der Waals surface area contributed by atoms with Crippen LogP contribution in [0.15, 0.2) is 77.4 Å². The Balaban J connectivity index is 1.60. The predicted octanol–water partition coefficient (Wildman–Crippen LogP) is 5.78. The minimum absolute atomic E-state index is 0.00699. The Morgan fingerprint density at radius 3 is 2.52 bits per heavy atom. The molecule has 0 unspecified atom stereocenters. The molecule has 1 aliphatic carbocycles. The van der Waals surface area contributed by atoms with Crippen LogP contribution in [0.25, 0.3) is 5.69 Å². The Morgan fingerprint density at radius 2 is 1.79 bits per heavy atom. The maximum absolute atomic E-state index is 13.1. The van der Waals surface area contributed by atoms with E-state index < -0.39 is 0 Å². The summed E-state index contributed by atoms with van der Waals surface area (Å²) in [5.41, 5.74) is 3.29. The number of halogens is 1. The topological polar surface area (TPSA) is 60.1 Å². The van der Waals surface area contributed by atoms with E-state index in [0.717, 1.165) is 22.8 Å². The monoisotopic (exact) mass is 403 g/mol. The molecule has 0 spiro atoms. The van der Waals surface area contributed by atoms with Gasteiger partial charge in [-0.05, 0) is 48.5 Å². The number of nitrogens with zero attached hydrogens (tertiary/aromatic N) is 2. The van der Waals surface area contributed by atoms with Gasteiger partial charge in [0.25, 0.3) is 0 Å². The Kier molecular flexibility index (Phi) is 4.45. The molecular formula is C23H18ClN3O2. The van der Waals surface area contributed by atoms with Crippen molar-refractivity contribution in [3.05, 3.63) is 95.0 Å². The van der Waals surface area contributed by atoms with Crippen molar-refractivity contribution in [3.8, 4) is 5.69 Å². The molecule has 144 valence electrons. The first-order valence-electron chi connectivity index (χ1n) is 9.45. The smallest absolute Gasteiger partial charge is 0.169 e. The first-order valence-corrected chi connectivity index (χ1v) is 9.83. The highest BCUT2D eigenvalue weighted by Crippen LogP contribution is 2.38. The van der Waals surface area contributed by atoms with Crippen LogP contribution in [0.3, 0.4) is 0 Å². The molecule has 5 nitrogen and oxygen atoms in total. The average Bonchev–Trinajstić information content (AvgIpc) is 3.39. The first-order chi connectivity index (χ1) is 14.2. The van der Waals surface area contributed by atoms with Crippen LogP contribution in [0, 0.1) is 0 Å². The number of furan rings is 1. The van der Waals surface area contributed by atoms with Crippen molar-refractivity contribution < 1.29 is 9.21 Å². The van der Waals surface area contributed by atoms with Crippen LogP contribution in [0.1, 0.15) is 34.2 Å². The van der Waals surface area contributed by atoms with E-state index in [0.29, 0.717) is 29.2 Å². The van der Waals surface area contributed by atoms with Gasteiger partial charge in [-0.15, -0.1) is 5.10 Å². The minimum Gasteiger partial charge on any atom is -0.469 e. The molecule has 5 rings (SSSR count). The van der Waals surface area contributed by atoms with Gasteiger partial charge in [-0.25, -0.2) is 4.68 Å². The number of carbonyl (C=O) groups excluding carboxylic acids is 1. The van der Waals surface area contributed by atoms with Gasteiger partial charge < -0.3 is 9.73 Å². The number of rotatable bonds is 4. The van der Waals surface area contributed by atoms with Crippen molar-refractivity contribution in [1.82, 2.24) is 9.78 Å². The van der Waals surface area contributed by atoms with Crippen LogP contribution in [-0.4, -0.2) is 15.6 Å². The van der Waals surface area contributed by atoms with Crippen molar-refractivity contribution >= 4 is 28.9 Å². The zero-order chi connectivity index (χ0) is 19.8. The lowest BCUT2D eigenvalue weighted by Crippen LogP contribution is -2.20. The second-order valence-electron chi connectivity index (χ2n) is 7.09. The highest BCUT2D eigenvalue weighted by atomic mass is 35.5. The molecule has 0 fully saturated rings. The zero-order valence-electron chi connectivity index (χ0n) is 15.5. The van der Waals surface area contributed by atoms with Crippen LogP contribution in [-0.2, 0) is 6.42 Å². The van der Waals surface area contributed by atoms with E-state index in [9.17, 15) is 4.79 Å². The number of Topliss-reactive ketones (excluding diaryl/α,β-unsaturated/α-hetero) is 1. The van der Waals surface area contributed by atoms with E-state index in [1.165, 1.54) is 0 Å². The molecule has 0 saturated carbocycles. The fourth-order valence-electron chi connectivity index (χ4n) is 3.83. The molecule has 0 aliphatic heterocycles. The molecule has 0 bridgehead atoms. The quantitative estimate of drug-likeness (QED) is 0.469. The van der Waals surface area contributed by atoms with Crippen molar-refractivity contribution in [2.45, 2.75) is 18.8 Å². The van der Waals surface area contributed by atoms with E-state index in [1.54, 1.807) is 18.4 Å². The first kappa shape index (κ1) is 17.8. The van der Waals surface area contributed by atoms with E-state index in [1.807, 2.05) is 59.3 Å². The molecule has 29 heavy (non-hydrogen) atoms. The average molecular weight is 404 g/mol. The molecule has 1 atom stereocenters. The lowest BCUT2D eigenvalue weighted by molar-refractivity contribution is 0.0960. The third-order valence-electron chi connectivity index (χ3n) is 5.18. The lowest BCUT2D eigenvalue weighted by atomic mass is 9.85. The van der Waals surface area contributed by atoms with Gasteiger partial charge in [0.2, 0.25) is 0 Å². The summed E-state index contributed by atoms with van der Waals surface area (Å²) in [5, 5.41) is 8.72. The second kappa shape index (κ2) is 7.26. The van der Waals surface area contributed by atoms with Crippen LogP contribution >= 0.6 is 11.6 Å². The van der Waals surface area contributed by atoms with Crippen molar-refractivity contribution in [2.75, 3.05) is 5.32 Å². The SMILES string of the molecule is O=C1C[C@@H](c2ccco2)Cc2c1c(Nc1ccc(Cl)cc1)nn2-c1ccccc1. The normalized spacial score (nSPS) is 15.9. The Morgan fingerprint density at radius 1 is 1.00 bits per heavy atom. The van der Waals surface area contributed by atoms with E-state index >= 15 is 0 Å². The molecule has 0 saturated heterocycles. The predicted molar refractivity (Wildman–Crippen MR) is 112 cm³/mol. The van der Waals surface area contributed by atoms with E-state index in [4.69, 9.17) is 21.1 Å². The third kappa shape index (κ3) is 3.34. The largest absolute Gasteiger partial charge is 0.469 e. The van der Waals surface area contributed by atoms with Crippen LogP contribution in [0.2, 0.25) is 5.02 Å². The highest BCUT2D eigenvalue weighted by molar-refractivity contribution is 6.30. The summed E-state index contributed by atoms with van der Waals surface area (Å²) in [7, 11) is 0. The number of carbonyl (C=O) groups is 1. The molecule has 2 heterocycles. The number of fused-ring (bicyclic) bond motifs is 1. The Hall–Kier alpha value is -3.31. The van der Waals surface area contributed by atoms with Crippen LogP contribution < -0.4 is 5.32 Å². The van der Waals surface area contributed by atoms with Gasteiger partial charge in [0.1, 0.15) is 5.76 Å². The summed E-state index contributed by atoms with van der Waals surface area (Å²) in [6, 6.07) is 21.0. The number of hydrogen-bond donors (Lipinski definition) is 1.